The maximum atomic E-state index is 12.9. The first-order valence-corrected chi connectivity index (χ1v) is 12.0. The first kappa shape index (κ1) is 21.1. The summed E-state index contributed by atoms with van der Waals surface area (Å²) in [6.07, 6.45) is 0. The second kappa shape index (κ2) is 8.53. The summed E-state index contributed by atoms with van der Waals surface area (Å²) in [6, 6.07) is 22.4. The fourth-order valence-corrected chi connectivity index (χ4v) is 5.52. The van der Waals surface area contributed by atoms with Gasteiger partial charge in [-0.3, -0.25) is 4.72 Å². The molecule has 0 saturated carbocycles. The second-order valence-corrected chi connectivity index (χ2v) is 9.98. The van der Waals surface area contributed by atoms with Gasteiger partial charge < -0.3 is 4.74 Å². The van der Waals surface area contributed by atoms with Gasteiger partial charge in [0, 0.05) is 21.7 Å². The van der Waals surface area contributed by atoms with E-state index >= 15 is 0 Å². The van der Waals surface area contributed by atoms with E-state index in [4.69, 9.17) is 9.72 Å². The Bertz CT molecular complexity index is 1310. The zero-order chi connectivity index (χ0) is 22.0. The SMILES string of the molecule is COc1ccc(C)cc1S(=O)(=O)Nc1ccc(-c2nc(-c3ccccc3)sc2C)cc1. The Hall–Kier alpha value is -3.16. The summed E-state index contributed by atoms with van der Waals surface area (Å²) in [5.41, 5.74) is 4.23. The predicted octanol–water partition coefficient (Wildman–Crippen LogP) is 5.90. The fourth-order valence-electron chi connectivity index (χ4n) is 3.27. The molecule has 0 fully saturated rings. The normalized spacial score (nSPS) is 11.3. The number of hydrogen-bond donors (Lipinski definition) is 1. The van der Waals surface area contributed by atoms with E-state index in [0.29, 0.717) is 11.4 Å². The number of methoxy groups -OCH3 is 1. The highest BCUT2D eigenvalue weighted by molar-refractivity contribution is 7.92. The molecule has 0 bridgehead atoms. The Morgan fingerprint density at radius 1 is 0.903 bits per heavy atom. The maximum absolute atomic E-state index is 12.9. The molecule has 158 valence electrons. The molecule has 3 aromatic carbocycles. The third-order valence-electron chi connectivity index (χ3n) is 4.84. The lowest BCUT2D eigenvalue weighted by atomic mass is 10.1. The lowest BCUT2D eigenvalue weighted by molar-refractivity contribution is 0.402. The maximum Gasteiger partial charge on any atom is 0.265 e. The number of sulfonamides is 1. The van der Waals surface area contributed by atoms with Crippen LogP contribution >= 0.6 is 11.3 Å². The van der Waals surface area contributed by atoms with E-state index in [0.717, 1.165) is 32.3 Å². The average Bonchev–Trinajstić information content (AvgIpc) is 3.16. The van der Waals surface area contributed by atoms with Crippen molar-refractivity contribution >= 4 is 27.0 Å². The van der Waals surface area contributed by atoms with Crippen molar-refractivity contribution < 1.29 is 13.2 Å². The van der Waals surface area contributed by atoms with Crippen molar-refractivity contribution in [2.75, 3.05) is 11.8 Å². The number of hydrogen-bond acceptors (Lipinski definition) is 5. The van der Waals surface area contributed by atoms with Gasteiger partial charge in [0.05, 0.1) is 12.8 Å². The molecule has 0 spiro atoms. The smallest absolute Gasteiger partial charge is 0.265 e. The van der Waals surface area contributed by atoms with Gasteiger partial charge in [0.2, 0.25) is 0 Å². The van der Waals surface area contributed by atoms with Gasteiger partial charge in [-0.2, -0.15) is 0 Å². The molecule has 0 amide bonds. The molecule has 4 rings (SSSR count). The molecule has 0 aliphatic heterocycles. The minimum Gasteiger partial charge on any atom is -0.495 e. The molecule has 31 heavy (non-hydrogen) atoms. The quantitative estimate of drug-likeness (QED) is 0.397. The van der Waals surface area contributed by atoms with Crippen LogP contribution in [0.5, 0.6) is 5.75 Å². The molecular weight excluding hydrogens is 428 g/mol. The molecule has 5 nitrogen and oxygen atoms in total. The first-order valence-electron chi connectivity index (χ1n) is 9.68. The van der Waals surface area contributed by atoms with Crippen LogP contribution in [0.4, 0.5) is 5.69 Å². The van der Waals surface area contributed by atoms with E-state index in [1.807, 2.05) is 62.4 Å². The van der Waals surface area contributed by atoms with Crippen LogP contribution in [0.2, 0.25) is 0 Å². The summed E-state index contributed by atoms with van der Waals surface area (Å²) in [4.78, 5) is 6.02. The van der Waals surface area contributed by atoms with Crippen molar-refractivity contribution in [3.63, 3.8) is 0 Å². The van der Waals surface area contributed by atoms with Gasteiger partial charge in [-0.25, -0.2) is 13.4 Å². The van der Waals surface area contributed by atoms with E-state index in [2.05, 4.69) is 4.72 Å². The van der Waals surface area contributed by atoms with E-state index in [9.17, 15) is 8.42 Å². The van der Waals surface area contributed by atoms with Crippen LogP contribution in [0.3, 0.4) is 0 Å². The van der Waals surface area contributed by atoms with Crippen LogP contribution in [0.25, 0.3) is 21.8 Å². The van der Waals surface area contributed by atoms with Gasteiger partial charge in [0.15, 0.2) is 0 Å². The van der Waals surface area contributed by atoms with Crippen molar-refractivity contribution in [3.05, 3.63) is 83.2 Å². The van der Waals surface area contributed by atoms with Crippen LogP contribution in [0, 0.1) is 13.8 Å². The van der Waals surface area contributed by atoms with Gasteiger partial charge in [0.1, 0.15) is 15.7 Å². The van der Waals surface area contributed by atoms with Gasteiger partial charge in [0.25, 0.3) is 10.0 Å². The molecule has 7 heteroatoms. The third-order valence-corrected chi connectivity index (χ3v) is 7.26. The minimum absolute atomic E-state index is 0.113. The highest BCUT2D eigenvalue weighted by Gasteiger charge is 2.20. The summed E-state index contributed by atoms with van der Waals surface area (Å²) in [5, 5.41) is 0.962. The van der Waals surface area contributed by atoms with Crippen LogP contribution in [0.15, 0.2) is 77.7 Å². The van der Waals surface area contributed by atoms with E-state index < -0.39 is 10.0 Å². The highest BCUT2D eigenvalue weighted by atomic mass is 32.2. The summed E-state index contributed by atoms with van der Waals surface area (Å²) in [7, 11) is -2.33. The monoisotopic (exact) mass is 450 g/mol. The van der Waals surface area contributed by atoms with Gasteiger partial charge in [-0.05, 0) is 43.7 Å². The minimum atomic E-state index is -3.78. The number of anilines is 1. The molecule has 0 aliphatic rings. The van der Waals surface area contributed by atoms with Crippen molar-refractivity contribution in [2.45, 2.75) is 18.7 Å². The molecule has 1 aromatic heterocycles. The van der Waals surface area contributed by atoms with E-state index in [1.165, 1.54) is 7.11 Å². The molecule has 0 unspecified atom stereocenters. The van der Waals surface area contributed by atoms with E-state index in [-0.39, 0.29) is 4.90 Å². The molecule has 0 atom stereocenters. The molecule has 0 saturated heterocycles. The summed E-state index contributed by atoms with van der Waals surface area (Å²) in [5.74, 6) is 0.307. The predicted molar refractivity (Wildman–Crippen MR) is 126 cm³/mol. The number of rotatable bonds is 6. The van der Waals surface area contributed by atoms with Gasteiger partial charge in [-0.1, -0.05) is 48.5 Å². The average molecular weight is 451 g/mol. The topological polar surface area (TPSA) is 68.3 Å². The number of aromatic nitrogens is 1. The number of nitrogens with zero attached hydrogens (tertiary/aromatic N) is 1. The van der Waals surface area contributed by atoms with Crippen molar-refractivity contribution in [1.82, 2.24) is 4.98 Å². The number of thiazole rings is 1. The summed E-state index contributed by atoms with van der Waals surface area (Å²) >= 11 is 1.64. The molecule has 4 aromatic rings. The zero-order valence-corrected chi connectivity index (χ0v) is 19.0. The van der Waals surface area contributed by atoms with Crippen LogP contribution in [0.1, 0.15) is 10.4 Å². The number of benzene rings is 3. The Kier molecular flexibility index (Phi) is 5.80. The molecule has 0 radical (unpaired) electrons. The molecular formula is C24H22N2O3S2. The summed E-state index contributed by atoms with van der Waals surface area (Å²) in [6.45, 7) is 3.88. The van der Waals surface area contributed by atoms with Gasteiger partial charge >= 0.3 is 0 Å². The second-order valence-electron chi connectivity index (χ2n) is 7.13. The lowest BCUT2D eigenvalue weighted by Gasteiger charge is -2.12. The fraction of sp³-hybridized carbons (Fsp3) is 0.125. The standard InChI is InChI=1S/C24H22N2O3S2/c1-16-9-14-21(29-3)22(15-16)31(27,28)26-20-12-10-18(11-13-20)23-17(2)30-24(25-23)19-7-5-4-6-8-19/h4-15,26H,1-3H3. The zero-order valence-electron chi connectivity index (χ0n) is 17.4. The number of ether oxygens (including phenoxy) is 1. The van der Waals surface area contributed by atoms with Crippen molar-refractivity contribution in [1.29, 1.82) is 0 Å². The highest BCUT2D eigenvalue weighted by Crippen LogP contribution is 2.34. The number of nitrogens with one attached hydrogen (secondary N) is 1. The number of aryl methyl sites for hydroxylation is 2. The Balaban J connectivity index is 1.60. The van der Waals surface area contributed by atoms with Crippen LogP contribution < -0.4 is 9.46 Å². The molecule has 1 N–H and O–H groups in total. The van der Waals surface area contributed by atoms with Crippen molar-refractivity contribution in [2.24, 2.45) is 0 Å². The van der Waals surface area contributed by atoms with E-state index in [1.54, 1.807) is 35.6 Å². The Morgan fingerprint density at radius 3 is 2.29 bits per heavy atom. The van der Waals surface area contributed by atoms with Gasteiger partial charge in [-0.15, -0.1) is 11.3 Å². The third kappa shape index (κ3) is 4.47. The Morgan fingerprint density at radius 2 is 1.61 bits per heavy atom. The summed E-state index contributed by atoms with van der Waals surface area (Å²) < 4.78 is 33.7. The molecule has 0 aliphatic carbocycles. The largest absolute Gasteiger partial charge is 0.495 e. The lowest BCUT2D eigenvalue weighted by Crippen LogP contribution is -2.14. The first-order chi connectivity index (χ1) is 14.9. The van der Waals surface area contributed by atoms with Crippen LogP contribution in [-0.4, -0.2) is 20.5 Å². The molecule has 1 heterocycles. The van der Waals surface area contributed by atoms with Crippen LogP contribution in [-0.2, 0) is 10.0 Å². The van der Waals surface area contributed by atoms with Crippen molar-refractivity contribution in [3.8, 4) is 27.6 Å². The Labute approximate surface area is 186 Å².